The summed E-state index contributed by atoms with van der Waals surface area (Å²) in [5.74, 6) is 0. The third kappa shape index (κ3) is 9.45. The van der Waals surface area contributed by atoms with Crippen molar-refractivity contribution in [3.8, 4) is 0 Å². The van der Waals surface area contributed by atoms with E-state index in [0.29, 0.717) is 0 Å². The van der Waals surface area contributed by atoms with Gasteiger partial charge >= 0.3 is 350 Å². The molecule has 3 aromatic carbocycles. The average molecular weight is 1240 g/mol. The SMILES string of the molecule is CC(C)(C)c1cc(CBr)c([Se]c2c(CBr)c(CBr)c([Se]c3c(CBr)cc(C(C)(C)C)cc3CBr)c(CBr)c2CBr)c(CBr)c1. The van der Waals surface area contributed by atoms with Crippen molar-refractivity contribution in [2.24, 2.45) is 0 Å². The van der Waals surface area contributed by atoms with Crippen LogP contribution in [-0.2, 0) is 53.5 Å². The van der Waals surface area contributed by atoms with Gasteiger partial charge in [-0.25, -0.2) is 0 Å². The maximum atomic E-state index is 3.97. The molecule has 0 fully saturated rings. The van der Waals surface area contributed by atoms with E-state index in [1.165, 1.54) is 73.5 Å². The molecule has 0 aromatic heterocycles. The first-order valence-corrected chi connectivity index (χ1v) is 26.5. The van der Waals surface area contributed by atoms with Gasteiger partial charge in [0, 0.05) is 0 Å². The molecule has 0 aliphatic heterocycles. The Hall–Kier alpha value is 2.54. The van der Waals surface area contributed by atoms with Gasteiger partial charge in [0.15, 0.2) is 0 Å². The van der Waals surface area contributed by atoms with Crippen LogP contribution in [-0.4, -0.2) is 29.9 Å². The molecule has 0 amide bonds. The van der Waals surface area contributed by atoms with Gasteiger partial charge in [0.1, 0.15) is 0 Å². The van der Waals surface area contributed by atoms with Crippen molar-refractivity contribution in [3.63, 3.8) is 0 Å². The van der Waals surface area contributed by atoms with Gasteiger partial charge in [-0.05, 0) is 0 Å². The molecule has 0 heterocycles. The summed E-state index contributed by atoms with van der Waals surface area (Å²) in [5, 5.41) is 6.77. The topological polar surface area (TPSA) is 0 Å². The summed E-state index contributed by atoms with van der Waals surface area (Å²) >= 11 is 31.6. The summed E-state index contributed by atoms with van der Waals surface area (Å²) < 4.78 is 5.99. The van der Waals surface area contributed by atoms with Gasteiger partial charge in [-0.2, -0.15) is 0 Å². The Bertz CT molecular complexity index is 1280. The van der Waals surface area contributed by atoms with Gasteiger partial charge in [-0.15, -0.1) is 0 Å². The fraction of sp³-hybridized carbons (Fsp3) is 0.471. The Morgan fingerprint density at radius 1 is 0.386 bits per heavy atom. The Balaban J connectivity index is 2.34. The normalized spacial score (nSPS) is 12.3. The zero-order chi connectivity index (χ0) is 33.0. The molecule has 3 rings (SSSR count). The van der Waals surface area contributed by atoms with E-state index in [0.717, 1.165) is 42.6 Å². The first-order chi connectivity index (χ1) is 20.7. The number of rotatable bonds is 12. The van der Waals surface area contributed by atoms with Crippen LogP contribution in [0.3, 0.4) is 0 Å². The molecule has 0 unspecified atom stereocenters. The second-order valence-corrected chi connectivity index (χ2v) is 21.4. The van der Waals surface area contributed by atoms with Crippen molar-refractivity contribution in [3.05, 3.63) is 79.9 Å². The van der Waals surface area contributed by atoms with Crippen LogP contribution in [0, 0.1) is 0 Å². The van der Waals surface area contributed by atoms with Crippen LogP contribution in [0.1, 0.15) is 97.2 Å². The fourth-order valence-corrected chi connectivity index (χ4v) is 18.3. The Morgan fingerprint density at radius 3 is 0.773 bits per heavy atom. The van der Waals surface area contributed by atoms with Crippen LogP contribution in [0.2, 0.25) is 0 Å². The second-order valence-electron chi connectivity index (χ2n) is 12.6. The number of benzene rings is 3. The van der Waals surface area contributed by atoms with E-state index < -0.39 is 0 Å². The van der Waals surface area contributed by atoms with Crippen LogP contribution >= 0.6 is 127 Å². The zero-order valence-electron chi connectivity index (χ0n) is 25.8. The molecule has 0 radical (unpaired) electrons. The molecule has 0 N–H and O–H groups in total. The van der Waals surface area contributed by atoms with Crippen LogP contribution < -0.4 is 17.8 Å². The zero-order valence-corrected chi connectivity index (χ0v) is 41.9. The number of hydrogen-bond donors (Lipinski definition) is 0. The molecule has 0 bridgehead atoms. The van der Waals surface area contributed by atoms with Gasteiger partial charge in [0.2, 0.25) is 0 Å². The molecule has 0 nitrogen and oxygen atoms in total. The van der Waals surface area contributed by atoms with Gasteiger partial charge in [0.25, 0.3) is 0 Å². The molecule has 0 atom stereocenters. The Labute approximate surface area is 345 Å². The third-order valence-corrected chi connectivity index (χ3v) is 18.2. The van der Waals surface area contributed by atoms with E-state index in [1.54, 1.807) is 0 Å². The molecule has 0 spiro atoms. The van der Waals surface area contributed by atoms with Crippen molar-refractivity contribution in [2.45, 2.75) is 95.0 Å². The molecular weight excluding hydrogens is 1210 g/mol. The summed E-state index contributed by atoms with van der Waals surface area (Å²) in [7, 11) is 0. The first kappa shape index (κ1) is 41.0. The van der Waals surface area contributed by atoms with Crippen molar-refractivity contribution < 1.29 is 0 Å². The summed E-state index contributed by atoms with van der Waals surface area (Å²) in [5.41, 5.74) is 14.4. The van der Waals surface area contributed by atoms with Crippen LogP contribution in [0.15, 0.2) is 24.3 Å². The van der Waals surface area contributed by atoms with E-state index in [2.05, 4.69) is 193 Å². The van der Waals surface area contributed by atoms with Crippen LogP contribution in [0.5, 0.6) is 0 Å². The summed E-state index contributed by atoms with van der Waals surface area (Å²) in [4.78, 5) is 0. The van der Waals surface area contributed by atoms with Crippen molar-refractivity contribution in [1.82, 2.24) is 0 Å². The van der Waals surface area contributed by atoms with E-state index in [-0.39, 0.29) is 40.7 Å². The van der Waals surface area contributed by atoms with E-state index in [1.807, 2.05) is 0 Å². The van der Waals surface area contributed by atoms with Crippen LogP contribution in [0.4, 0.5) is 0 Å². The molecular formula is C34H38Br8Se2. The molecule has 10 heteroatoms. The molecule has 0 saturated carbocycles. The minimum absolute atomic E-state index is 0.102. The monoisotopic (exact) mass is 1240 g/mol. The average Bonchev–Trinajstić information content (AvgIpc) is 2.99. The predicted molar refractivity (Wildman–Crippen MR) is 228 cm³/mol. The maximum absolute atomic E-state index is 3.97. The molecule has 242 valence electrons. The second kappa shape index (κ2) is 18.2. The molecule has 0 aliphatic rings. The number of halogens is 8. The van der Waals surface area contributed by atoms with Crippen molar-refractivity contribution >= 4 is 175 Å². The number of alkyl halides is 8. The van der Waals surface area contributed by atoms with Gasteiger partial charge in [0.05, 0.1) is 0 Å². The summed E-state index contributed by atoms with van der Waals surface area (Å²) in [6.07, 6.45) is 0. The summed E-state index contributed by atoms with van der Waals surface area (Å²) in [6.45, 7) is 13.8. The van der Waals surface area contributed by atoms with Crippen LogP contribution in [0.25, 0.3) is 0 Å². The Kier molecular flexibility index (Phi) is 16.9. The van der Waals surface area contributed by atoms with E-state index >= 15 is 0 Å². The molecule has 0 saturated heterocycles. The van der Waals surface area contributed by atoms with E-state index in [9.17, 15) is 0 Å². The fourth-order valence-electron chi connectivity index (χ4n) is 4.96. The Morgan fingerprint density at radius 2 is 0.614 bits per heavy atom. The number of hydrogen-bond acceptors (Lipinski definition) is 0. The van der Waals surface area contributed by atoms with Crippen molar-refractivity contribution in [1.29, 1.82) is 0 Å². The quantitative estimate of drug-likeness (QED) is 0.125. The molecule has 44 heavy (non-hydrogen) atoms. The predicted octanol–water partition coefficient (Wildman–Crippen LogP) is 10.8. The molecule has 0 aliphatic carbocycles. The van der Waals surface area contributed by atoms with E-state index in [4.69, 9.17) is 0 Å². The van der Waals surface area contributed by atoms with Gasteiger partial charge in [-0.1, -0.05) is 0 Å². The van der Waals surface area contributed by atoms with Gasteiger partial charge < -0.3 is 0 Å². The summed E-state index contributed by atoms with van der Waals surface area (Å²) in [6, 6.07) is 9.72. The first-order valence-electron chi connectivity index (χ1n) is 14.1. The third-order valence-electron chi connectivity index (χ3n) is 7.56. The minimum atomic E-state index is 0.102. The standard InChI is InChI=1S/C34H38Br8Se2/c1-33(2,3)23-7-19(11-35)29(20(8-23)12-36)43-31-25(15-39)27(17-41)32(28(18-42)26(31)16-40)44-30-21(13-37)9-24(34(4,5)6)10-22(30)14-38/h7-10H,11-18H2,1-6H3. The van der Waals surface area contributed by atoms with Crippen molar-refractivity contribution in [2.75, 3.05) is 0 Å². The van der Waals surface area contributed by atoms with Gasteiger partial charge in [-0.3, -0.25) is 0 Å². The molecule has 3 aromatic rings.